The Balaban J connectivity index is 1.83. The molecule has 2 unspecified atom stereocenters. The van der Waals surface area contributed by atoms with Crippen molar-refractivity contribution in [3.63, 3.8) is 0 Å². The fourth-order valence-corrected chi connectivity index (χ4v) is 3.24. The van der Waals surface area contributed by atoms with Gasteiger partial charge in [-0.2, -0.15) is 0 Å². The van der Waals surface area contributed by atoms with E-state index in [1.165, 1.54) is 6.42 Å². The van der Waals surface area contributed by atoms with Crippen molar-refractivity contribution in [1.29, 1.82) is 0 Å². The zero-order valence-corrected chi connectivity index (χ0v) is 11.6. The summed E-state index contributed by atoms with van der Waals surface area (Å²) in [6.07, 6.45) is 6.20. The molecule has 3 rings (SSSR count). The number of fused-ring (bicyclic) bond motifs is 1. The molecule has 0 aromatic heterocycles. The van der Waals surface area contributed by atoms with Gasteiger partial charge in [-0.3, -0.25) is 0 Å². The number of nitrogens with zero attached hydrogens (tertiary/aromatic N) is 1. The first kappa shape index (κ1) is 13.4. The standard InChI is InChI=1S/C16H21NO3/c18-14-6-2-1-3-7-16(14)20-15-8-4-5-11-12(15)9-10-13(11)17-19/h4-5,8,14,16,18-19H,1-3,6-7,9-10H2. The summed E-state index contributed by atoms with van der Waals surface area (Å²) >= 11 is 0. The lowest BCUT2D eigenvalue weighted by Gasteiger charge is -2.23. The van der Waals surface area contributed by atoms with Gasteiger partial charge in [0.1, 0.15) is 11.9 Å². The third-order valence-electron chi connectivity index (χ3n) is 4.37. The first-order valence-electron chi connectivity index (χ1n) is 7.47. The molecule has 108 valence electrons. The van der Waals surface area contributed by atoms with Gasteiger partial charge in [-0.25, -0.2) is 0 Å². The van der Waals surface area contributed by atoms with E-state index in [1.54, 1.807) is 0 Å². The van der Waals surface area contributed by atoms with Crippen LogP contribution in [0.3, 0.4) is 0 Å². The van der Waals surface area contributed by atoms with E-state index in [2.05, 4.69) is 5.16 Å². The molecule has 2 aliphatic rings. The summed E-state index contributed by atoms with van der Waals surface area (Å²) < 4.78 is 6.10. The summed E-state index contributed by atoms with van der Waals surface area (Å²) in [6, 6.07) is 5.85. The minimum Gasteiger partial charge on any atom is -0.487 e. The van der Waals surface area contributed by atoms with E-state index in [1.807, 2.05) is 18.2 Å². The number of benzene rings is 1. The molecule has 2 atom stereocenters. The van der Waals surface area contributed by atoms with Gasteiger partial charge in [-0.15, -0.1) is 0 Å². The van der Waals surface area contributed by atoms with Crippen LogP contribution >= 0.6 is 0 Å². The fourth-order valence-electron chi connectivity index (χ4n) is 3.24. The smallest absolute Gasteiger partial charge is 0.124 e. The second kappa shape index (κ2) is 5.83. The summed E-state index contributed by atoms with van der Waals surface area (Å²) in [4.78, 5) is 0. The largest absolute Gasteiger partial charge is 0.487 e. The highest BCUT2D eigenvalue weighted by molar-refractivity contribution is 6.04. The Morgan fingerprint density at radius 1 is 1.10 bits per heavy atom. The van der Waals surface area contributed by atoms with E-state index >= 15 is 0 Å². The van der Waals surface area contributed by atoms with Gasteiger partial charge < -0.3 is 15.1 Å². The van der Waals surface area contributed by atoms with Crippen LogP contribution in [0.4, 0.5) is 0 Å². The van der Waals surface area contributed by atoms with Crippen LogP contribution in [0.15, 0.2) is 23.4 Å². The van der Waals surface area contributed by atoms with Crippen molar-refractivity contribution in [3.8, 4) is 5.75 Å². The van der Waals surface area contributed by atoms with Crippen molar-refractivity contribution in [3.05, 3.63) is 29.3 Å². The SMILES string of the molecule is ON=C1CCc2c(OC3CCCCCC3O)cccc21. The Bertz CT molecular complexity index is 512. The monoisotopic (exact) mass is 275 g/mol. The quantitative estimate of drug-likeness (QED) is 0.495. The van der Waals surface area contributed by atoms with Crippen molar-refractivity contribution < 1.29 is 15.1 Å². The highest BCUT2D eigenvalue weighted by Gasteiger charge is 2.27. The number of aliphatic hydroxyl groups excluding tert-OH is 1. The van der Waals surface area contributed by atoms with Crippen molar-refractivity contribution >= 4 is 5.71 Å². The van der Waals surface area contributed by atoms with Crippen LogP contribution in [0, 0.1) is 0 Å². The Morgan fingerprint density at radius 2 is 1.95 bits per heavy atom. The Morgan fingerprint density at radius 3 is 2.80 bits per heavy atom. The Labute approximate surface area is 119 Å². The molecule has 1 aromatic carbocycles. The van der Waals surface area contributed by atoms with Gasteiger partial charge in [0.25, 0.3) is 0 Å². The minimum absolute atomic E-state index is 0.112. The molecule has 0 aliphatic heterocycles. The van der Waals surface area contributed by atoms with Gasteiger partial charge >= 0.3 is 0 Å². The van der Waals surface area contributed by atoms with Gasteiger partial charge in [-0.05, 0) is 38.2 Å². The van der Waals surface area contributed by atoms with Crippen LogP contribution in [0.5, 0.6) is 5.75 Å². The van der Waals surface area contributed by atoms with Gasteiger partial charge in [0.2, 0.25) is 0 Å². The van der Waals surface area contributed by atoms with E-state index in [0.717, 1.165) is 61.1 Å². The number of rotatable bonds is 2. The first-order chi connectivity index (χ1) is 9.79. The molecule has 20 heavy (non-hydrogen) atoms. The van der Waals surface area contributed by atoms with Crippen molar-refractivity contribution in [1.82, 2.24) is 0 Å². The van der Waals surface area contributed by atoms with E-state index in [9.17, 15) is 5.11 Å². The first-order valence-corrected chi connectivity index (χ1v) is 7.47. The van der Waals surface area contributed by atoms with Crippen LogP contribution in [0.1, 0.15) is 49.7 Å². The van der Waals surface area contributed by atoms with Crippen LogP contribution in [0.25, 0.3) is 0 Å². The van der Waals surface area contributed by atoms with Crippen molar-refractivity contribution in [2.24, 2.45) is 5.16 Å². The predicted molar refractivity (Wildman–Crippen MR) is 76.6 cm³/mol. The van der Waals surface area contributed by atoms with E-state index in [0.29, 0.717) is 0 Å². The Hall–Kier alpha value is -1.55. The minimum atomic E-state index is -0.374. The number of ether oxygens (including phenoxy) is 1. The number of oxime groups is 1. The third kappa shape index (κ3) is 2.52. The molecule has 0 amide bonds. The van der Waals surface area contributed by atoms with Crippen molar-refractivity contribution in [2.75, 3.05) is 0 Å². The lowest BCUT2D eigenvalue weighted by Crippen LogP contribution is -2.30. The van der Waals surface area contributed by atoms with E-state index in [4.69, 9.17) is 9.94 Å². The molecule has 1 fully saturated rings. The second-order valence-corrected chi connectivity index (χ2v) is 5.69. The summed E-state index contributed by atoms with van der Waals surface area (Å²) in [5.41, 5.74) is 2.82. The van der Waals surface area contributed by atoms with Gasteiger partial charge in [0, 0.05) is 11.1 Å². The maximum absolute atomic E-state index is 10.2. The molecule has 0 spiro atoms. The van der Waals surface area contributed by atoms with Gasteiger partial charge in [-0.1, -0.05) is 30.1 Å². The van der Waals surface area contributed by atoms with Crippen LogP contribution in [-0.4, -0.2) is 28.2 Å². The lowest BCUT2D eigenvalue weighted by molar-refractivity contribution is 0.0315. The summed E-state index contributed by atoms with van der Waals surface area (Å²) in [7, 11) is 0. The van der Waals surface area contributed by atoms with E-state index in [-0.39, 0.29) is 12.2 Å². The molecule has 0 radical (unpaired) electrons. The average molecular weight is 275 g/mol. The summed E-state index contributed by atoms with van der Waals surface area (Å²) in [5.74, 6) is 0.840. The maximum atomic E-state index is 10.2. The van der Waals surface area contributed by atoms with Crippen LogP contribution in [0.2, 0.25) is 0 Å². The fraction of sp³-hybridized carbons (Fsp3) is 0.562. The number of hydrogen-bond acceptors (Lipinski definition) is 4. The molecule has 2 N–H and O–H groups in total. The zero-order chi connectivity index (χ0) is 13.9. The highest BCUT2D eigenvalue weighted by Crippen LogP contribution is 2.33. The molecule has 0 bridgehead atoms. The molecular weight excluding hydrogens is 254 g/mol. The van der Waals surface area contributed by atoms with Crippen LogP contribution in [-0.2, 0) is 6.42 Å². The average Bonchev–Trinajstić information content (AvgIpc) is 2.79. The molecule has 4 nitrogen and oxygen atoms in total. The summed E-state index contributed by atoms with van der Waals surface area (Å²) in [5, 5.41) is 22.5. The van der Waals surface area contributed by atoms with Gasteiger partial charge in [0.05, 0.1) is 11.8 Å². The third-order valence-corrected chi connectivity index (χ3v) is 4.37. The topological polar surface area (TPSA) is 62.1 Å². The van der Waals surface area contributed by atoms with Crippen molar-refractivity contribution in [2.45, 2.75) is 57.2 Å². The molecule has 4 heteroatoms. The number of hydrogen-bond donors (Lipinski definition) is 2. The Kier molecular flexibility index (Phi) is 3.92. The molecule has 0 heterocycles. The zero-order valence-electron chi connectivity index (χ0n) is 11.6. The number of aliphatic hydroxyl groups is 1. The highest BCUT2D eigenvalue weighted by atomic mass is 16.5. The molecular formula is C16H21NO3. The van der Waals surface area contributed by atoms with Crippen LogP contribution < -0.4 is 4.74 Å². The predicted octanol–water partition coefficient (Wildman–Crippen LogP) is 2.88. The molecule has 0 saturated heterocycles. The lowest BCUT2D eigenvalue weighted by atomic mass is 10.1. The molecule has 1 aromatic rings. The maximum Gasteiger partial charge on any atom is 0.124 e. The molecule has 2 aliphatic carbocycles. The van der Waals surface area contributed by atoms with E-state index < -0.39 is 0 Å². The molecule has 1 saturated carbocycles. The van der Waals surface area contributed by atoms with Gasteiger partial charge in [0.15, 0.2) is 0 Å². The normalized spacial score (nSPS) is 28.1. The summed E-state index contributed by atoms with van der Waals surface area (Å²) in [6.45, 7) is 0. The second-order valence-electron chi connectivity index (χ2n) is 5.69.